The van der Waals surface area contributed by atoms with Gasteiger partial charge in [0, 0.05) is 21.9 Å². The SMILES string of the molecule is CCC(C)c1ccc(NC(=S)Nc2nn(Cc3ccc(Cl)cc3Cl)cc2Cl)cc1. The van der Waals surface area contributed by atoms with E-state index in [1.54, 1.807) is 23.0 Å². The number of hydrogen-bond acceptors (Lipinski definition) is 2. The van der Waals surface area contributed by atoms with Crippen molar-refractivity contribution in [1.29, 1.82) is 0 Å². The fourth-order valence-electron chi connectivity index (χ4n) is 2.79. The molecule has 0 aliphatic rings. The minimum Gasteiger partial charge on any atom is -0.332 e. The molecular weight excluding hydrogens is 447 g/mol. The zero-order chi connectivity index (χ0) is 21.0. The van der Waals surface area contributed by atoms with Gasteiger partial charge in [0.05, 0.1) is 6.54 Å². The van der Waals surface area contributed by atoms with Crippen molar-refractivity contribution in [3.8, 4) is 0 Å². The Hall–Kier alpha value is -1.79. The standard InChI is InChI=1S/C21H21Cl3N4S/c1-3-13(2)14-5-8-17(9-6-14)25-21(29)26-20-19(24)12-28(27-20)11-15-4-7-16(22)10-18(15)23/h4-10,12-13H,3,11H2,1-2H3,(H2,25,26,27,29). The van der Waals surface area contributed by atoms with E-state index in [1.807, 2.05) is 18.2 Å². The number of benzene rings is 2. The minimum atomic E-state index is 0.415. The molecule has 0 radical (unpaired) electrons. The van der Waals surface area contributed by atoms with Gasteiger partial charge in [-0.15, -0.1) is 0 Å². The molecule has 1 unspecified atom stereocenters. The number of rotatable bonds is 6. The Kier molecular flexibility index (Phi) is 7.41. The summed E-state index contributed by atoms with van der Waals surface area (Å²) in [7, 11) is 0. The van der Waals surface area contributed by atoms with Crippen molar-refractivity contribution in [3.63, 3.8) is 0 Å². The number of nitrogens with one attached hydrogen (secondary N) is 2. The van der Waals surface area contributed by atoms with Crippen LogP contribution in [0.5, 0.6) is 0 Å². The second kappa shape index (κ2) is 9.81. The normalized spacial score (nSPS) is 11.9. The van der Waals surface area contributed by atoms with Gasteiger partial charge in [-0.25, -0.2) is 0 Å². The largest absolute Gasteiger partial charge is 0.332 e. The molecule has 8 heteroatoms. The molecule has 0 aliphatic heterocycles. The highest BCUT2D eigenvalue weighted by molar-refractivity contribution is 7.80. The third-order valence-electron chi connectivity index (χ3n) is 4.65. The average molecular weight is 468 g/mol. The van der Waals surface area contributed by atoms with Crippen LogP contribution in [-0.2, 0) is 6.54 Å². The number of thiocarbonyl (C=S) groups is 1. The van der Waals surface area contributed by atoms with E-state index in [9.17, 15) is 0 Å². The molecule has 3 rings (SSSR count). The molecular formula is C21H21Cl3N4S. The molecule has 0 saturated carbocycles. The highest BCUT2D eigenvalue weighted by Gasteiger charge is 2.11. The van der Waals surface area contributed by atoms with E-state index in [0.29, 0.717) is 38.5 Å². The summed E-state index contributed by atoms with van der Waals surface area (Å²) in [5.41, 5.74) is 3.10. The minimum absolute atomic E-state index is 0.415. The molecule has 1 aromatic heterocycles. The Bertz CT molecular complexity index is 1000. The van der Waals surface area contributed by atoms with Crippen LogP contribution in [0.15, 0.2) is 48.7 Å². The van der Waals surface area contributed by atoms with Gasteiger partial charge in [-0.3, -0.25) is 4.68 Å². The highest BCUT2D eigenvalue weighted by atomic mass is 35.5. The van der Waals surface area contributed by atoms with Gasteiger partial charge in [0.25, 0.3) is 0 Å². The van der Waals surface area contributed by atoms with Crippen molar-refractivity contribution in [1.82, 2.24) is 9.78 Å². The molecule has 0 saturated heterocycles. The van der Waals surface area contributed by atoms with Crippen molar-refractivity contribution < 1.29 is 0 Å². The Morgan fingerprint density at radius 2 is 1.79 bits per heavy atom. The summed E-state index contributed by atoms with van der Waals surface area (Å²) >= 11 is 23.9. The third kappa shape index (κ3) is 5.86. The monoisotopic (exact) mass is 466 g/mol. The molecule has 29 heavy (non-hydrogen) atoms. The maximum Gasteiger partial charge on any atom is 0.176 e. The predicted molar refractivity (Wildman–Crippen MR) is 128 cm³/mol. The molecule has 0 amide bonds. The Morgan fingerprint density at radius 1 is 1.07 bits per heavy atom. The summed E-state index contributed by atoms with van der Waals surface area (Å²) < 4.78 is 1.70. The molecule has 4 nitrogen and oxygen atoms in total. The molecule has 0 bridgehead atoms. The van der Waals surface area contributed by atoms with Gasteiger partial charge in [0.15, 0.2) is 10.9 Å². The van der Waals surface area contributed by atoms with Crippen LogP contribution in [0.25, 0.3) is 0 Å². The number of nitrogens with zero attached hydrogens (tertiary/aromatic N) is 2. The van der Waals surface area contributed by atoms with Crippen molar-refractivity contribution in [2.75, 3.05) is 10.6 Å². The second-order valence-corrected chi connectivity index (χ2v) is 8.43. The van der Waals surface area contributed by atoms with Crippen LogP contribution in [0.4, 0.5) is 11.5 Å². The van der Waals surface area contributed by atoms with Gasteiger partial charge in [0.1, 0.15) is 5.02 Å². The van der Waals surface area contributed by atoms with Gasteiger partial charge in [-0.05, 0) is 59.9 Å². The van der Waals surface area contributed by atoms with E-state index in [4.69, 9.17) is 47.0 Å². The summed E-state index contributed by atoms with van der Waals surface area (Å²) in [6, 6.07) is 13.6. The fraction of sp³-hybridized carbons (Fsp3) is 0.238. The van der Waals surface area contributed by atoms with Crippen LogP contribution in [0.3, 0.4) is 0 Å². The molecule has 2 N–H and O–H groups in total. The molecule has 1 heterocycles. The summed E-state index contributed by atoms with van der Waals surface area (Å²) in [5.74, 6) is 1.01. The molecule has 152 valence electrons. The van der Waals surface area contributed by atoms with E-state index < -0.39 is 0 Å². The molecule has 0 fully saturated rings. The van der Waals surface area contributed by atoms with E-state index in [2.05, 4.69) is 41.7 Å². The summed E-state index contributed by atoms with van der Waals surface area (Å²) in [4.78, 5) is 0. The van der Waals surface area contributed by atoms with Crippen LogP contribution in [0.1, 0.15) is 37.3 Å². The third-order valence-corrected chi connectivity index (χ3v) is 5.71. The van der Waals surface area contributed by atoms with Gasteiger partial charge >= 0.3 is 0 Å². The maximum absolute atomic E-state index is 6.31. The average Bonchev–Trinajstić information content (AvgIpc) is 3.02. The lowest BCUT2D eigenvalue weighted by Crippen LogP contribution is -2.19. The van der Waals surface area contributed by atoms with Crippen LogP contribution in [-0.4, -0.2) is 14.9 Å². The second-order valence-electron chi connectivity index (χ2n) is 6.77. The summed E-state index contributed by atoms with van der Waals surface area (Å²) in [5, 5.41) is 12.7. The molecule has 2 aromatic carbocycles. The van der Waals surface area contributed by atoms with Crippen molar-refractivity contribution in [2.45, 2.75) is 32.7 Å². The maximum atomic E-state index is 6.31. The van der Waals surface area contributed by atoms with Crippen LogP contribution < -0.4 is 10.6 Å². The Balaban J connectivity index is 1.63. The lowest BCUT2D eigenvalue weighted by atomic mass is 9.99. The van der Waals surface area contributed by atoms with Gasteiger partial charge in [-0.1, -0.05) is 66.8 Å². The van der Waals surface area contributed by atoms with Crippen molar-refractivity contribution >= 4 is 63.6 Å². The first-order chi connectivity index (χ1) is 13.9. The van der Waals surface area contributed by atoms with Crippen molar-refractivity contribution in [3.05, 3.63) is 74.9 Å². The van der Waals surface area contributed by atoms with E-state index in [0.717, 1.165) is 17.7 Å². The molecule has 3 aromatic rings. The lowest BCUT2D eigenvalue weighted by molar-refractivity contribution is 0.690. The number of anilines is 2. The molecule has 0 aliphatic carbocycles. The topological polar surface area (TPSA) is 41.9 Å². The highest BCUT2D eigenvalue weighted by Crippen LogP contribution is 2.25. The summed E-state index contributed by atoms with van der Waals surface area (Å²) in [6.45, 7) is 4.86. The van der Waals surface area contributed by atoms with E-state index in [1.165, 1.54) is 5.56 Å². The Morgan fingerprint density at radius 3 is 2.45 bits per heavy atom. The van der Waals surface area contributed by atoms with Crippen LogP contribution in [0.2, 0.25) is 15.1 Å². The molecule has 1 atom stereocenters. The fourth-order valence-corrected chi connectivity index (χ4v) is 3.67. The first-order valence-corrected chi connectivity index (χ1v) is 10.7. The van der Waals surface area contributed by atoms with Crippen LogP contribution >= 0.6 is 47.0 Å². The van der Waals surface area contributed by atoms with Gasteiger partial charge < -0.3 is 10.6 Å². The number of hydrogen-bond donors (Lipinski definition) is 2. The lowest BCUT2D eigenvalue weighted by Gasteiger charge is -2.12. The van der Waals surface area contributed by atoms with E-state index >= 15 is 0 Å². The number of aromatic nitrogens is 2. The van der Waals surface area contributed by atoms with Gasteiger partial charge in [-0.2, -0.15) is 5.10 Å². The zero-order valence-electron chi connectivity index (χ0n) is 16.0. The molecule has 0 spiro atoms. The Labute approximate surface area is 191 Å². The number of halogens is 3. The smallest absolute Gasteiger partial charge is 0.176 e. The zero-order valence-corrected chi connectivity index (χ0v) is 19.1. The summed E-state index contributed by atoms with van der Waals surface area (Å²) in [6.07, 6.45) is 2.83. The predicted octanol–water partition coefficient (Wildman–Crippen LogP) is 7.21. The van der Waals surface area contributed by atoms with Crippen molar-refractivity contribution in [2.24, 2.45) is 0 Å². The van der Waals surface area contributed by atoms with E-state index in [-0.39, 0.29) is 0 Å². The van der Waals surface area contributed by atoms with Gasteiger partial charge in [0.2, 0.25) is 0 Å². The first kappa shape index (κ1) is 21.9. The van der Waals surface area contributed by atoms with Crippen LogP contribution in [0, 0.1) is 0 Å². The quantitative estimate of drug-likeness (QED) is 0.376. The first-order valence-electron chi connectivity index (χ1n) is 9.20.